The molecule has 202 valence electrons. The lowest BCUT2D eigenvalue weighted by Gasteiger charge is -2.33. The number of amidine groups is 1. The second-order valence-electron chi connectivity index (χ2n) is 10.6. The van der Waals surface area contributed by atoms with Crippen molar-refractivity contribution in [3.63, 3.8) is 0 Å². The van der Waals surface area contributed by atoms with Crippen LogP contribution in [-0.2, 0) is 33.8 Å². The van der Waals surface area contributed by atoms with Gasteiger partial charge in [0.25, 0.3) is 0 Å². The number of rotatable bonds is 11. The number of hydrogen-bond donors (Lipinski definition) is 6. The first-order chi connectivity index (χ1) is 18.3. The lowest BCUT2D eigenvalue weighted by atomic mass is 9.84. The number of aliphatic carboxylic acids is 1. The van der Waals surface area contributed by atoms with E-state index >= 15 is 0 Å². The fourth-order valence-corrected chi connectivity index (χ4v) is 5.65. The Morgan fingerprint density at radius 3 is 2.21 bits per heavy atom. The van der Waals surface area contributed by atoms with Gasteiger partial charge in [-0.25, -0.2) is 0 Å². The molecule has 0 radical (unpaired) electrons. The van der Waals surface area contributed by atoms with E-state index in [2.05, 4.69) is 16.0 Å². The van der Waals surface area contributed by atoms with E-state index in [-0.39, 0.29) is 30.7 Å². The van der Waals surface area contributed by atoms with Crippen LogP contribution in [-0.4, -0.2) is 46.9 Å². The van der Waals surface area contributed by atoms with Gasteiger partial charge < -0.3 is 21.5 Å². The van der Waals surface area contributed by atoms with Crippen LogP contribution in [0.25, 0.3) is 0 Å². The number of amides is 2. The summed E-state index contributed by atoms with van der Waals surface area (Å²) in [5, 5.41) is 25.8. The number of nitrogens with two attached hydrogens (primary N) is 1. The standard InChI is InChI=1S/C29H37N5O4/c30-26(31)21-12-10-20(11-13-21)17-33-28(38)29(15-22-8-4-5-9-23(22)16-29)34-27(37)24(32-18-25(35)36)14-19-6-2-1-3-7-19/h4-5,8-13,19,24,32H,1-3,6-7,14-18H2,(H3,30,31)(H,33,38)(H,34,37)(H,35,36). The maximum atomic E-state index is 13.7. The molecule has 0 bridgehead atoms. The number of benzene rings is 2. The minimum absolute atomic E-state index is 0.0229. The van der Waals surface area contributed by atoms with Crippen molar-refractivity contribution in [2.45, 2.75) is 69.5 Å². The van der Waals surface area contributed by atoms with Gasteiger partial charge in [0.1, 0.15) is 11.4 Å². The van der Waals surface area contributed by atoms with Crippen LogP contribution < -0.4 is 21.7 Å². The topological polar surface area (TPSA) is 157 Å². The normalized spacial score (nSPS) is 17.3. The number of fused-ring (bicyclic) bond motifs is 1. The molecule has 1 saturated carbocycles. The lowest BCUT2D eigenvalue weighted by molar-refractivity contribution is -0.137. The second kappa shape index (κ2) is 12.2. The Balaban J connectivity index is 1.51. The van der Waals surface area contributed by atoms with Gasteiger partial charge in [-0.1, -0.05) is 80.6 Å². The molecule has 7 N–H and O–H groups in total. The number of carbonyl (C=O) groups is 3. The van der Waals surface area contributed by atoms with Crippen LogP contribution >= 0.6 is 0 Å². The van der Waals surface area contributed by atoms with Crippen molar-refractivity contribution in [1.29, 1.82) is 5.41 Å². The number of carboxylic acid groups (broad SMARTS) is 1. The third-order valence-electron chi connectivity index (χ3n) is 7.73. The highest BCUT2D eigenvalue weighted by Gasteiger charge is 2.46. The highest BCUT2D eigenvalue weighted by molar-refractivity contribution is 5.95. The van der Waals surface area contributed by atoms with Gasteiger partial charge in [-0.05, 0) is 29.0 Å². The summed E-state index contributed by atoms with van der Waals surface area (Å²) in [6.07, 6.45) is 6.75. The third kappa shape index (κ3) is 6.77. The quantitative estimate of drug-likeness (QED) is 0.197. The van der Waals surface area contributed by atoms with Crippen molar-refractivity contribution in [2.75, 3.05) is 6.54 Å². The maximum Gasteiger partial charge on any atom is 0.317 e. The molecule has 0 aliphatic heterocycles. The van der Waals surface area contributed by atoms with E-state index in [4.69, 9.17) is 11.1 Å². The number of hydrogen-bond acceptors (Lipinski definition) is 5. The molecule has 0 spiro atoms. The SMILES string of the molecule is N=C(N)c1ccc(CNC(=O)C2(NC(=O)C(CC3CCCCC3)NCC(=O)O)Cc3ccccc3C2)cc1. The Morgan fingerprint density at radius 1 is 1.00 bits per heavy atom. The largest absolute Gasteiger partial charge is 0.480 e. The van der Waals surface area contributed by atoms with Crippen molar-refractivity contribution < 1.29 is 19.5 Å². The zero-order chi connectivity index (χ0) is 27.1. The molecule has 0 aromatic heterocycles. The van der Waals surface area contributed by atoms with Crippen LogP contribution in [0.4, 0.5) is 0 Å². The Labute approximate surface area is 223 Å². The fraction of sp³-hybridized carbons (Fsp3) is 0.448. The van der Waals surface area contributed by atoms with Crippen LogP contribution in [0, 0.1) is 11.3 Å². The van der Waals surface area contributed by atoms with Crippen molar-refractivity contribution in [3.8, 4) is 0 Å². The molecule has 0 heterocycles. The minimum Gasteiger partial charge on any atom is -0.480 e. The Bertz CT molecular complexity index is 1150. The summed E-state index contributed by atoms with van der Waals surface area (Å²) in [7, 11) is 0. The van der Waals surface area contributed by atoms with Gasteiger partial charge >= 0.3 is 5.97 Å². The van der Waals surface area contributed by atoms with Crippen molar-refractivity contribution >= 4 is 23.6 Å². The van der Waals surface area contributed by atoms with Crippen molar-refractivity contribution in [2.24, 2.45) is 11.7 Å². The summed E-state index contributed by atoms with van der Waals surface area (Å²) in [4.78, 5) is 38.6. The van der Waals surface area contributed by atoms with Crippen molar-refractivity contribution in [3.05, 3.63) is 70.8 Å². The Kier molecular flexibility index (Phi) is 8.78. The molecule has 1 fully saturated rings. The smallest absolute Gasteiger partial charge is 0.317 e. The highest BCUT2D eigenvalue weighted by Crippen LogP contribution is 2.32. The van der Waals surface area contributed by atoms with Crippen LogP contribution in [0.5, 0.6) is 0 Å². The molecular weight excluding hydrogens is 482 g/mol. The second-order valence-corrected chi connectivity index (χ2v) is 10.6. The zero-order valence-electron chi connectivity index (χ0n) is 21.6. The third-order valence-corrected chi connectivity index (χ3v) is 7.73. The number of nitrogens with one attached hydrogen (secondary N) is 4. The van der Waals surface area contributed by atoms with Crippen LogP contribution in [0.3, 0.4) is 0 Å². The van der Waals surface area contributed by atoms with Crippen LogP contribution in [0.2, 0.25) is 0 Å². The molecule has 4 rings (SSSR count). The van der Waals surface area contributed by atoms with Crippen LogP contribution in [0.1, 0.15) is 60.8 Å². The molecule has 2 amide bonds. The summed E-state index contributed by atoms with van der Waals surface area (Å²) >= 11 is 0. The summed E-state index contributed by atoms with van der Waals surface area (Å²) in [6.45, 7) is -0.0613. The number of nitrogen functional groups attached to an aromatic ring is 1. The minimum atomic E-state index is -1.17. The van der Waals surface area contributed by atoms with E-state index in [1.165, 1.54) is 6.42 Å². The van der Waals surface area contributed by atoms with Crippen LogP contribution in [0.15, 0.2) is 48.5 Å². The van der Waals surface area contributed by atoms with Gasteiger partial charge in [0, 0.05) is 24.9 Å². The molecule has 0 saturated heterocycles. The molecule has 9 nitrogen and oxygen atoms in total. The summed E-state index contributed by atoms with van der Waals surface area (Å²) < 4.78 is 0. The predicted octanol–water partition coefficient (Wildman–Crippen LogP) is 2.25. The first kappa shape index (κ1) is 27.3. The molecule has 2 aromatic carbocycles. The Hall–Kier alpha value is -3.72. The molecule has 1 unspecified atom stereocenters. The molecule has 38 heavy (non-hydrogen) atoms. The predicted molar refractivity (Wildman–Crippen MR) is 145 cm³/mol. The van der Waals surface area contributed by atoms with E-state index in [1.807, 2.05) is 36.4 Å². The average molecular weight is 520 g/mol. The van der Waals surface area contributed by atoms with Gasteiger partial charge in [-0.15, -0.1) is 0 Å². The highest BCUT2D eigenvalue weighted by atomic mass is 16.4. The molecule has 2 aromatic rings. The maximum absolute atomic E-state index is 13.7. The van der Waals surface area contributed by atoms with Gasteiger partial charge in [-0.2, -0.15) is 0 Å². The van der Waals surface area contributed by atoms with E-state index in [1.54, 1.807) is 12.1 Å². The van der Waals surface area contributed by atoms with E-state index in [0.717, 1.165) is 42.4 Å². The number of carboxylic acids is 1. The molecule has 9 heteroatoms. The van der Waals surface area contributed by atoms with Crippen molar-refractivity contribution in [1.82, 2.24) is 16.0 Å². The van der Waals surface area contributed by atoms with Gasteiger partial charge in [-0.3, -0.25) is 25.1 Å². The molecule has 2 aliphatic carbocycles. The molecular formula is C29H37N5O4. The Morgan fingerprint density at radius 2 is 1.63 bits per heavy atom. The van der Waals surface area contributed by atoms with Gasteiger partial charge in [0.2, 0.25) is 11.8 Å². The fourth-order valence-electron chi connectivity index (χ4n) is 5.65. The first-order valence-corrected chi connectivity index (χ1v) is 13.3. The van der Waals surface area contributed by atoms with E-state index in [0.29, 0.717) is 30.7 Å². The van der Waals surface area contributed by atoms with Gasteiger partial charge in [0.05, 0.1) is 12.6 Å². The monoisotopic (exact) mass is 519 g/mol. The molecule has 1 atom stereocenters. The summed E-state index contributed by atoms with van der Waals surface area (Å²) in [5.74, 6) is -1.32. The van der Waals surface area contributed by atoms with E-state index < -0.39 is 17.6 Å². The molecule has 2 aliphatic rings. The number of carbonyl (C=O) groups excluding carboxylic acids is 2. The zero-order valence-corrected chi connectivity index (χ0v) is 21.6. The summed E-state index contributed by atoms with van der Waals surface area (Å²) in [6, 6.07) is 14.2. The first-order valence-electron chi connectivity index (χ1n) is 13.3. The lowest BCUT2D eigenvalue weighted by Crippen LogP contribution is -2.63. The van der Waals surface area contributed by atoms with Gasteiger partial charge in [0.15, 0.2) is 0 Å². The van der Waals surface area contributed by atoms with E-state index in [9.17, 15) is 19.5 Å². The average Bonchev–Trinajstić information content (AvgIpc) is 3.29. The summed E-state index contributed by atoms with van der Waals surface area (Å²) in [5.41, 5.74) is 7.83.